The van der Waals surface area contributed by atoms with Gasteiger partial charge in [0.1, 0.15) is 17.6 Å². The summed E-state index contributed by atoms with van der Waals surface area (Å²) in [6, 6.07) is 4.79. The zero-order chi connectivity index (χ0) is 14.4. The molecule has 0 radical (unpaired) electrons. The second-order valence-corrected chi connectivity index (χ2v) is 4.79. The van der Waals surface area contributed by atoms with Crippen LogP contribution in [0, 0.1) is 0 Å². The Labute approximate surface area is 118 Å². The van der Waals surface area contributed by atoms with Gasteiger partial charge in [-0.1, -0.05) is 13.0 Å². The van der Waals surface area contributed by atoms with E-state index in [0.717, 1.165) is 19.4 Å². The van der Waals surface area contributed by atoms with Crippen molar-refractivity contribution >= 4 is 17.6 Å². The molecule has 6 heteroatoms. The van der Waals surface area contributed by atoms with E-state index >= 15 is 0 Å². The van der Waals surface area contributed by atoms with E-state index in [1.165, 1.54) is 0 Å². The van der Waals surface area contributed by atoms with Crippen molar-refractivity contribution < 1.29 is 9.59 Å². The van der Waals surface area contributed by atoms with Crippen molar-refractivity contribution in [3.05, 3.63) is 23.9 Å². The average Bonchev–Trinajstić information content (AvgIpc) is 2.48. The van der Waals surface area contributed by atoms with Crippen molar-refractivity contribution in [3.63, 3.8) is 0 Å². The van der Waals surface area contributed by atoms with Gasteiger partial charge in [-0.2, -0.15) is 0 Å². The largest absolute Gasteiger partial charge is 0.370 e. The van der Waals surface area contributed by atoms with Crippen LogP contribution in [0.1, 0.15) is 36.7 Å². The molecule has 1 saturated heterocycles. The topological polar surface area (TPSA) is 83.1 Å². The van der Waals surface area contributed by atoms with Crippen LogP contribution in [-0.2, 0) is 4.79 Å². The van der Waals surface area contributed by atoms with Gasteiger partial charge in [-0.25, -0.2) is 4.98 Å². The van der Waals surface area contributed by atoms with E-state index in [1.54, 1.807) is 12.1 Å². The third-order valence-corrected chi connectivity index (χ3v) is 3.13. The summed E-state index contributed by atoms with van der Waals surface area (Å²) < 4.78 is 0. The van der Waals surface area contributed by atoms with Gasteiger partial charge in [0, 0.05) is 13.1 Å². The maximum Gasteiger partial charge on any atom is 0.270 e. The lowest BCUT2D eigenvalue weighted by Crippen LogP contribution is -2.50. The number of hydrogen-bond acceptors (Lipinski definition) is 4. The van der Waals surface area contributed by atoms with Gasteiger partial charge < -0.3 is 16.0 Å². The van der Waals surface area contributed by atoms with Crippen LogP contribution in [-0.4, -0.2) is 35.9 Å². The lowest BCUT2D eigenvalue weighted by atomic mass is 10.1. The molecule has 2 rings (SSSR count). The van der Waals surface area contributed by atoms with E-state index in [4.69, 9.17) is 0 Å². The van der Waals surface area contributed by atoms with E-state index < -0.39 is 6.04 Å². The molecule has 0 spiro atoms. The minimum Gasteiger partial charge on any atom is -0.370 e. The molecule has 6 nitrogen and oxygen atoms in total. The van der Waals surface area contributed by atoms with E-state index in [9.17, 15) is 9.59 Å². The number of amides is 2. The van der Waals surface area contributed by atoms with Crippen molar-refractivity contribution in [1.29, 1.82) is 0 Å². The van der Waals surface area contributed by atoms with Crippen molar-refractivity contribution in [1.82, 2.24) is 15.6 Å². The molecule has 0 bridgehead atoms. The van der Waals surface area contributed by atoms with E-state index in [2.05, 4.69) is 27.9 Å². The smallest absolute Gasteiger partial charge is 0.270 e. The first-order chi connectivity index (χ1) is 9.70. The Kier molecular flexibility index (Phi) is 4.92. The van der Waals surface area contributed by atoms with Crippen molar-refractivity contribution in [2.24, 2.45) is 0 Å². The lowest BCUT2D eigenvalue weighted by Gasteiger charge is -2.22. The van der Waals surface area contributed by atoms with Gasteiger partial charge >= 0.3 is 0 Å². The fourth-order valence-corrected chi connectivity index (χ4v) is 2.05. The van der Waals surface area contributed by atoms with Crippen molar-refractivity contribution in [3.8, 4) is 0 Å². The molecular weight excluding hydrogens is 256 g/mol. The van der Waals surface area contributed by atoms with Gasteiger partial charge in [0.25, 0.3) is 5.91 Å². The molecule has 2 amide bonds. The molecule has 1 atom stereocenters. The van der Waals surface area contributed by atoms with Crippen LogP contribution in [0.3, 0.4) is 0 Å². The molecule has 20 heavy (non-hydrogen) atoms. The van der Waals surface area contributed by atoms with Crippen LogP contribution < -0.4 is 16.0 Å². The standard InChI is InChI=1S/C14H20N4O2/c1-2-8-15-12-7-3-5-11(17-12)14(20)18-10-6-4-9-16-13(10)19/h3,5,7,10H,2,4,6,8-9H2,1H3,(H,15,17)(H,16,19)(H,18,20). The Morgan fingerprint density at radius 1 is 1.50 bits per heavy atom. The van der Waals surface area contributed by atoms with Crippen LogP contribution in [0.25, 0.3) is 0 Å². The van der Waals surface area contributed by atoms with Gasteiger partial charge in [0.05, 0.1) is 0 Å². The first-order valence-electron chi connectivity index (χ1n) is 7.00. The average molecular weight is 276 g/mol. The molecular formula is C14H20N4O2. The van der Waals surface area contributed by atoms with Gasteiger partial charge in [-0.3, -0.25) is 9.59 Å². The number of carbonyl (C=O) groups is 2. The van der Waals surface area contributed by atoms with Gasteiger partial charge in [0.2, 0.25) is 5.91 Å². The summed E-state index contributed by atoms with van der Waals surface area (Å²) in [5.74, 6) is 0.240. The predicted molar refractivity (Wildman–Crippen MR) is 76.5 cm³/mol. The number of nitrogens with zero attached hydrogens (tertiary/aromatic N) is 1. The molecule has 1 aromatic heterocycles. The number of nitrogens with one attached hydrogen (secondary N) is 3. The third-order valence-electron chi connectivity index (χ3n) is 3.13. The molecule has 0 aromatic carbocycles. The monoisotopic (exact) mass is 276 g/mol. The summed E-state index contributed by atoms with van der Waals surface area (Å²) in [5, 5.41) is 8.60. The number of pyridine rings is 1. The van der Waals surface area contributed by atoms with E-state index in [-0.39, 0.29) is 11.8 Å². The highest BCUT2D eigenvalue weighted by atomic mass is 16.2. The summed E-state index contributed by atoms with van der Waals surface area (Å²) in [4.78, 5) is 28.0. The summed E-state index contributed by atoms with van der Waals surface area (Å²) in [6.07, 6.45) is 2.54. The highest BCUT2D eigenvalue weighted by Gasteiger charge is 2.24. The summed E-state index contributed by atoms with van der Waals surface area (Å²) >= 11 is 0. The van der Waals surface area contributed by atoms with Gasteiger partial charge in [-0.05, 0) is 31.4 Å². The number of aromatic nitrogens is 1. The maximum absolute atomic E-state index is 12.1. The molecule has 2 heterocycles. The highest BCUT2D eigenvalue weighted by Crippen LogP contribution is 2.07. The maximum atomic E-state index is 12.1. The lowest BCUT2D eigenvalue weighted by molar-refractivity contribution is -0.124. The zero-order valence-electron chi connectivity index (χ0n) is 11.6. The van der Waals surface area contributed by atoms with Crippen LogP contribution in [0.2, 0.25) is 0 Å². The van der Waals surface area contributed by atoms with E-state index in [0.29, 0.717) is 24.5 Å². The van der Waals surface area contributed by atoms with Crippen LogP contribution in [0.15, 0.2) is 18.2 Å². The van der Waals surface area contributed by atoms with Gasteiger partial charge in [-0.15, -0.1) is 0 Å². The molecule has 0 saturated carbocycles. The van der Waals surface area contributed by atoms with Crippen LogP contribution in [0.5, 0.6) is 0 Å². The molecule has 108 valence electrons. The predicted octanol–water partition coefficient (Wildman–Crippen LogP) is 0.912. The molecule has 0 aliphatic carbocycles. The van der Waals surface area contributed by atoms with E-state index in [1.807, 2.05) is 6.07 Å². The first kappa shape index (κ1) is 14.3. The van der Waals surface area contributed by atoms with Crippen molar-refractivity contribution in [2.75, 3.05) is 18.4 Å². The third kappa shape index (κ3) is 3.69. The summed E-state index contributed by atoms with van der Waals surface area (Å²) in [5.41, 5.74) is 0.324. The SMILES string of the molecule is CCCNc1cccc(C(=O)NC2CCCNC2=O)n1. The Morgan fingerprint density at radius 2 is 2.35 bits per heavy atom. The summed E-state index contributed by atoms with van der Waals surface area (Å²) in [6.45, 7) is 3.55. The Morgan fingerprint density at radius 3 is 3.10 bits per heavy atom. The fraction of sp³-hybridized carbons (Fsp3) is 0.500. The van der Waals surface area contributed by atoms with Crippen LogP contribution >= 0.6 is 0 Å². The fourth-order valence-electron chi connectivity index (χ4n) is 2.05. The number of piperidine rings is 1. The molecule has 1 aliphatic rings. The number of hydrogen-bond donors (Lipinski definition) is 3. The Hall–Kier alpha value is -2.11. The normalized spacial score (nSPS) is 18.2. The Balaban J connectivity index is 1.99. The second-order valence-electron chi connectivity index (χ2n) is 4.79. The van der Waals surface area contributed by atoms with Crippen molar-refractivity contribution in [2.45, 2.75) is 32.2 Å². The quantitative estimate of drug-likeness (QED) is 0.746. The van der Waals surface area contributed by atoms with Crippen LogP contribution in [0.4, 0.5) is 5.82 Å². The second kappa shape index (κ2) is 6.88. The van der Waals surface area contributed by atoms with Gasteiger partial charge in [0.15, 0.2) is 0 Å². The molecule has 1 fully saturated rings. The number of carbonyl (C=O) groups excluding carboxylic acids is 2. The molecule has 1 aliphatic heterocycles. The zero-order valence-corrected chi connectivity index (χ0v) is 11.6. The minimum absolute atomic E-state index is 0.120. The summed E-state index contributed by atoms with van der Waals surface area (Å²) in [7, 11) is 0. The number of anilines is 1. The first-order valence-corrected chi connectivity index (χ1v) is 7.00. The molecule has 1 unspecified atom stereocenters. The minimum atomic E-state index is -0.453. The molecule has 3 N–H and O–H groups in total. The number of rotatable bonds is 5. The molecule has 1 aromatic rings. The Bertz CT molecular complexity index is 490. The highest BCUT2D eigenvalue weighted by molar-refractivity contribution is 5.96.